The van der Waals surface area contributed by atoms with E-state index in [4.69, 9.17) is 9.84 Å². The first-order valence-corrected chi connectivity index (χ1v) is 8.06. The Hall–Kier alpha value is -2.68. The number of rotatable bonds is 7. The van der Waals surface area contributed by atoms with Crippen LogP contribution in [0.15, 0.2) is 18.2 Å². The van der Waals surface area contributed by atoms with Gasteiger partial charge in [0.15, 0.2) is 0 Å². The second kappa shape index (κ2) is 8.43. The van der Waals surface area contributed by atoms with E-state index in [1.165, 1.54) is 17.0 Å². The Morgan fingerprint density at radius 2 is 2.04 bits per heavy atom. The highest BCUT2D eigenvalue weighted by molar-refractivity contribution is 6.02. The fourth-order valence-corrected chi connectivity index (χ4v) is 2.77. The van der Waals surface area contributed by atoms with Crippen LogP contribution in [0.5, 0.6) is 0 Å². The van der Waals surface area contributed by atoms with Gasteiger partial charge in [0.25, 0.3) is 11.6 Å². The van der Waals surface area contributed by atoms with Crippen LogP contribution >= 0.6 is 0 Å². The van der Waals surface area contributed by atoms with Crippen LogP contribution < -0.4 is 4.90 Å². The van der Waals surface area contributed by atoms with E-state index in [1.54, 1.807) is 17.9 Å². The minimum absolute atomic E-state index is 0.0515. The largest absolute Gasteiger partial charge is 0.481 e. The number of hydrogen-bond acceptors (Lipinski definition) is 6. The summed E-state index contributed by atoms with van der Waals surface area (Å²) in [5.41, 5.74) is 0.347. The monoisotopic (exact) mass is 351 g/mol. The zero-order valence-electron chi connectivity index (χ0n) is 14.0. The van der Waals surface area contributed by atoms with E-state index in [9.17, 15) is 19.7 Å². The van der Waals surface area contributed by atoms with Crippen molar-refractivity contribution in [3.05, 3.63) is 33.9 Å². The molecule has 136 valence electrons. The van der Waals surface area contributed by atoms with E-state index in [2.05, 4.69) is 0 Å². The van der Waals surface area contributed by atoms with Crippen molar-refractivity contribution < 1.29 is 24.4 Å². The van der Waals surface area contributed by atoms with E-state index in [-0.39, 0.29) is 29.9 Å². The number of nitro groups is 1. The third-order valence-electron chi connectivity index (χ3n) is 4.03. The summed E-state index contributed by atoms with van der Waals surface area (Å²) in [6, 6.07) is 4.39. The number of carboxylic acids is 1. The van der Waals surface area contributed by atoms with Crippen LogP contribution in [0.2, 0.25) is 0 Å². The molecule has 1 aromatic rings. The molecule has 1 aliphatic heterocycles. The number of aliphatic carboxylic acids is 1. The summed E-state index contributed by atoms with van der Waals surface area (Å²) in [4.78, 5) is 37.8. The molecule has 0 bridgehead atoms. The molecular weight excluding hydrogens is 330 g/mol. The van der Waals surface area contributed by atoms with Gasteiger partial charge < -0.3 is 19.6 Å². The van der Waals surface area contributed by atoms with Crippen molar-refractivity contribution in [3.63, 3.8) is 0 Å². The predicted molar refractivity (Wildman–Crippen MR) is 90.0 cm³/mol. The number of amides is 1. The lowest BCUT2D eigenvalue weighted by molar-refractivity contribution is -0.384. The fourth-order valence-electron chi connectivity index (χ4n) is 2.77. The van der Waals surface area contributed by atoms with Gasteiger partial charge in [0.2, 0.25) is 0 Å². The zero-order chi connectivity index (χ0) is 18.4. The van der Waals surface area contributed by atoms with Crippen LogP contribution in [-0.4, -0.2) is 66.2 Å². The predicted octanol–water partition coefficient (Wildman–Crippen LogP) is 1.37. The Labute approximate surface area is 144 Å². The second-order valence-electron chi connectivity index (χ2n) is 5.56. The third kappa shape index (κ3) is 4.44. The van der Waals surface area contributed by atoms with Crippen LogP contribution in [0.1, 0.15) is 23.7 Å². The maximum atomic E-state index is 12.9. The highest BCUT2D eigenvalue weighted by atomic mass is 16.6. The molecule has 0 unspecified atom stereocenters. The van der Waals surface area contributed by atoms with E-state index >= 15 is 0 Å². The number of benzene rings is 1. The van der Waals surface area contributed by atoms with E-state index in [0.717, 1.165) is 0 Å². The van der Waals surface area contributed by atoms with Crippen molar-refractivity contribution in [1.82, 2.24) is 4.90 Å². The van der Waals surface area contributed by atoms with Gasteiger partial charge in [-0.3, -0.25) is 19.7 Å². The Morgan fingerprint density at radius 1 is 1.36 bits per heavy atom. The summed E-state index contributed by atoms with van der Waals surface area (Å²) in [5.74, 6) is -1.41. The first-order chi connectivity index (χ1) is 12.0. The molecule has 0 saturated carbocycles. The number of ether oxygens (including phenoxy) is 1. The Balaban J connectivity index is 2.41. The topological polar surface area (TPSA) is 113 Å². The smallest absolute Gasteiger partial charge is 0.305 e. The zero-order valence-corrected chi connectivity index (χ0v) is 14.0. The Morgan fingerprint density at radius 3 is 2.60 bits per heavy atom. The van der Waals surface area contributed by atoms with Crippen molar-refractivity contribution in [3.8, 4) is 0 Å². The third-order valence-corrected chi connectivity index (χ3v) is 4.03. The first-order valence-electron chi connectivity index (χ1n) is 8.06. The van der Waals surface area contributed by atoms with Gasteiger partial charge in [-0.2, -0.15) is 0 Å². The molecule has 0 aromatic heterocycles. The number of morpholine rings is 1. The van der Waals surface area contributed by atoms with Crippen molar-refractivity contribution in [2.24, 2.45) is 0 Å². The lowest BCUT2D eigenvalue weighted by Gasteiger charge is -2.31. The van der Waals surface area contributed by atoms with Gasteiger partial charge in [0.05, 0.1) is 30.1 Å². The normalized spacial score (nSPS) is 14.2. The summed E-state index contributed by atoms with van der Waals surface area (Å²) >= 11 is 0. The van der Waals surface area contributed by atoms with Gasteiger partial charge in [-0.15, -0.1) is 0 Å². The molecule has 0 atom stereocenters. The van der Waals surface area contributed by atoms with Crippen LogP contribution in [0.3, 0.4) is 0 Å². The number of carboxylic acid groups (broad SMARTS) is 1. The summed E-state index contributed by atoms with van der Waals surface area (Å²) in [6.45, 7) is 3.86. The fraction of sp³-hybridized carbons (Fsp3) is 0.500. The summed E-state index contributed by atoms with van der Waals surface area (Å²) in [7, 11) is 0. The molecule has 1 N–H and O–H groups in total. The molecule has 1 fully saturated rings. The minimum Gasteiger partial charge on any atom is -0.481 e. The molecule has 1 amide bonds. The van der Waals surface area contributed by atoms with Crippen LogP contribution in [0, 0.1) is 10.1 Å². The van der Waals surface area contributed by atoms with Crippen molar-refractivity contribution >= 4 is 23.3 Å². The number of carbonyl (C=O) groups excluding carboxylic acids is 1. The molecule has 25 heavy (non-hydrogen) atoms. The number of anilines is 1. The number of nitro benzene ring substituents is 1. The van der Waals surface area contributed by atoms with E-state index in [1.807, 2.05) is 0 Å². The molecule has 9 heteroatoms. The van der Waals surface area contributed by atoms with Gasteiger partial charge in [-0.25, -0.2) is 0 Å². The van der Waals surface area contributed by atoms with Gasteiger partial charge in [-0.1, -0.05) is 6.07 Å². The molecule has 0 spiro atoms. The lowest BCUT2D eigenvalue weighted by Crippen LogP contribution is -2.39. The van der Waals surface area contributed by atoms with E-state index in [0.29, 0.717) is 32.8 Å². The Bertz CT molecular complexity index is 657. The van der Waals surface area contributed by atoms with Crippen LogP contribution in [0.4, 0.5) is 11.4 Å². The molecule has 1 saturated heterocycles. The van der Waals surface area contributed by atoms with Crippen LogP contribution in [0.25, 0.3) is 0 Å². The number of nitrogens with zero attached hydrogens (tertiary/aromatic N) is 3. The van der Waals surface area contributed by atoms with Gasteiger partial charge >= 0.3 is 5.97 Å². The molecule has 0 aliphatic carbocycles. The van der Waals surface area contributed by atoms with Gasteiger partial charge in [0, 0.05) is 32.2 Å². The average molecular weight is 351 g/mol. The maximum Gasteiger partial charge on any atom is 0.305 e. The summed E-state index contributed by atoms with van der Waals surface area (Å²) < 4.78 is 5.28. The van der Waals surface area contributed by atoms with Crippen molar-refractivity contribution in [2.45, 2.75) is 13.3 Å². The molecule has 2 rings (SSSR count). The van der Waals surface area contributed by atoms with E-state index < -0.39 is 16.8 Å². The number of carbonyl (C=O) groups is 2. The molecule has 1 aliphatic rings. The van der Waals surface area contributed by atoms with Gasteiger partial charge in [-0.05, 0) is 13.0 Å². The molecule has 1 heterocycles. The molecular formula is C16H21N3O6. The summed E-state index contributed by atoms with van der Waals surface area (Å²) in [5, 5.41) is 20.3. The Kier molecular flexibility index (Phi) is 6.29. The molecule has 9 nitrogen and oxygen atoms in total. The number of hydrogen-bond donors (Lipinski definition) is 1. The highest BCUT2D eigenvalue weighted by Gasteiger charge is 2.29. The maximum absolute atomic E-state index is 12.9. The average Bonchev–Trinajstić information content (AvgIpc) is 2.61. The molecule has 1 aromatic carbocycles. The van der Waals surface area contributed by atoms with Crippen molar-refractivity contribution in [1.29, 1.82) is 0 Å². The van der Waals surface area contributed by atoms with Crippen molar-refractivity contribution in [2.75, 3.05) is 44.3 Å². The quantitative estimate of drug-likeness (QED) is 0.583. The molecule has 0 radical (unpaired) electrons. The number of para-hydroxylation sites is 1. The minimum atomic E-state index is -1.00. The second-order valence-corrected chi connectivity index (χ2v) is 5.56. The first kappa shape index (κ1) is 18.7. The SMILES string of the molecule is CCN(CCC(=O)O)C(=O)c1cccc([N+](=O)[O-])c1N1CCOCC1. The lowest BCUT2D eigenvalue weighted by atomic mass is 10.1. The standard InChI is InChI=1S/C16H21N3O6/c1-2-17(7-6-14(20)21)16(22)12-4-3-5-13(19(23)24)15(12)18-8-10-25-11-9-18/h3-5H,2,6-11H2,1H3,(H,20,21). The highest BCUT2D eigenvalue weighted by Crippen LogP contribution is 2.33. The summed E-state index contributed by atoms with van der Waals surface area (Å²) in [6.07, 6.45) is -0.179. The van der Waals surface area contributed by atoms with Crippen LogP contribution in [-0.2, 0) is 9.53 Å². The van der Waals surface area contributed by atoms with Gasteiger partial charge in [0.1, 0.15) is 5.69 Å².